The van der Waals surface area contributed by atoms with Gasteiger partial charge in [-0.3, -0.25) is 4.79 Å². The van der Waals surface area contributed by atoms with E-state index in [9.17, 15) is 4.79 Å². The average Bonchev–Trinajstić information content (AvgIpc) is 2.41. The number of hydrogen-bond acceptors (Lipinski definition) is 2. The number of hydrogen-bond donors (Lipinski definition) is 2. The normalized spacial score (nSPS) is 15.7. The first-order valence-electron chi connectivity index (χ1n) is 7.27. The minimum atomic E-state index is 0.0408. The molecule has 1 aliphatic rings. The lowest BCUT2D eigenvalue weighted by molar-refractivity contribution is -0.123. The first kappa shape index (κ1) is 14.6. The first-order valence-corrected chi connectivity index (χ1v) is 7.27. The molecule has 1 amide bonds. The molecule has 0 aliphatic heterocycles. The minimum Gasteiger partial charge on any atom is -0.350 e. The topological polar surface area (TPSA) is 55.1 Å². The Kier molecular flexibility index (Phi) is 5.20. The molecule has 2 rings (SSSR count). The predicted molar refractivity (Wildman–Crippen MR) is 80.9 cm³/mol. The monoisotopic (exact) mass is 270 g/mol. The van der Waals surface area contributed by atoms with Gasteiger partial charge in [-0.1, -0.05) is 30.4 Å². The van der Waals surface area contributed by atoms with Crippen molar-refractivity contribution < 1.29 is 4.79 Å². The Morgan fingerprint density at radius 3 is 2.65 bits per heavy atom. The van der Waals surface area contributed by atoms with Gasteiger partial charge in [0, 0.05) is 12.0 Å². The van der Waals surface area contributed by atoms with Crippen LogP contribution in [0, 0.1) is 17.8 Å². The van der Waals surface area contributed by atoms with E-state index in [0.717, 1.165) is 11.1 Å². The third-order valence-electron chi connectivity index (χ3n) is 3.82. The molecule has 0 heterocycles. The Bertz CT molecular complexity index is 506. The van der Waals surface area contributed by atoms with Crippen LogP contribution in [0.25, 0.3) is 0 Å². The van der Waals surface area contributed by atoms with E-state index in [-0.39, 0.29) is 11.9 Å². The van der Waals surface area contributed by atoms with Crippen LogP contribution >= 0.6 is 0 Å². The fourth-order valence-corrected chi connectivity index (χ4v) is 2.35. The average molecular weight is 270 g/mol. The maximum absolute atomic E-state index is 11.9. The van der Waals surface area contributed by atoms with Gasteiger partial charge in [0.25, 0.3) is 0 Å². The molecule has 1 saturated carbocycles. The lowest BCUT2D eigenvalue weighted by atomic mass is 9.83. The molecule has 3 nitrogen and oxygen atoms in total. The highest BCUT2D eigenvalue weighted by Crippen LogP contribution is 2.29. The summed E-state index contributed by atoms with van der Waals surface area (Å²) in [6.07, 6.45) is 4.36. The Balaban J connectivity index is 1.87. The minimum absolute atomic E-state index is 0.0408. The maximum atomic E-state index is 11.9. The van der Waals surface area contributed by atoms with Crippen LogP contribution < -0.4 is 11.1 Å². The zero-order valence-corrected chi connectivity index (χ0v) is 12.0. The van der Waals surface area contributed by atoms with E-state index in [1.165, 1.54) is 19.3 Å². The molecule has 1 aliphatic carbocycles. The zero-order chi connectivity index (χ0) is 14.4. The first-order chi connectivity index (χ1) is 9.69. The molecular weight excluding hydrogens is 248 g/mol. The Morgan fingerprint density at radius 1 is 1.40 bits per heavy atom. The second-order valence-electron chi connectivity index (χ2n) is 5.42. The van der Waals surface area contributed by atoms with Crippen molar-refractivity contribution in [1.29, 1.82) is 0 Å². The van der Waals surface area contributed by atoms with Crippen LogP contribution in [0.1, 0.15) is 49.8 Å². The molecule has 106 valence electrons. The second-order valence-corrected chi connectivity index (χ2v) is 5.42. The van der Waals surface area contributed by atoms with Gasteiger partial charge in [-0.05, 0) is 43.4 Å². The van der Waals surface area contributed by atoms with Crippen LogP contribution in [0.15, 0.2) is 24.3 Å². The van der Waals surface area contributed by atoms with Crippen molar-refractivity contribution in [3.8, 4) is 11.8 Å². The number of carbonyl (C=O) groups is 1. The van der Waals surface area contributed by atoms with Gasteiger partial charge in [0.15, 0.2) is 0 Å². The summed E-state index contributed by atoms with van der Waals surface area (Å²) in [5, 5.41) is 3.06. The van der Waals surface area contributed by atoms with Crippen LogP contribution in [-0.4, -0.2) is 12.5 Å². The summed E-state index contributed by atoms with van der Waals surface area (Å²) in [7, 11) is 0. The lowest BCUT2D eigenvalue weighted by Gasteiger charge is -2.25. The molecular formula is C17H22N2O. The molecule has 1 unspecified atom stereocenters. The van der Waals surface area contributed by atoms with Crippen molar-refractivity contribution in [2.75, 3.05) is 6.54 Å². The zero-order valence-electron chi connectivity index (χ0n) is 12.0. The molecule has 1 atom stereocenters. The van der Waals surface area contributed by atoms with Crippen molar-refractivity contribution in [2.24, 2.45) is 11.7 Å². The lowest BCUT2D eigenvalue weighted by Crippen LogP contribution is -2.29. The quantitative estimate of drug-likeness (QED) is 0.825. The highest BCUT2D eigenvalue weighted by Gasteiger charge is 2.21. The maximum Gasteiger partial charge on any atom is 0.220 e. The van der Waals surface area contributed by atoms with Gasteiger partial charge in [0.1, 0.15) is 0 Å². The number of carbonyl (C=O) groups excluding carboxylic acids is 1. The third-order valence-corrected chi connectivity index (χ3v) is 3.82. The number of amides is 1. The van der Waals surface area contributed by atoms with Crippen LogP contribution in [0.5, 0.6) is 0 Å². The molecule has 20 heavy (non-hydrogen) atoms. The van der Waals surface area contributed by atoms with Crippen molar-refractivity contribution in [3.63, 3.8) is 0 Å². The van der Waals surface area contributed by atoms with Gasteiger partial charge >= 0.3 is 0 Å². The highest BCUT2D eigenvalue weighted by atomic mass is 16.1. The third kappa shape index (κ3) is 4.11. The molecule has 1 aromatic rings. The standard InChI is InChI=1S/C17H22N2O/c1-13(19-17(20)12-15-4-2-5-15)16-9-7-14(8-10-16)6-3-11-18/h7-10,13,15H,2,4-5,11-12,18H2,1H3,(H,19,20). The molecule has 0 saturated heterocycles. The molecule has 0 spiro atoms. The summed E-state index contributed by atoms with van der Waals surface area (Å²) < 4.78 is 0. The van der Waals surface area contributed by atoms with Gasteiger partial charge in [0.2, 0.25) is 5.91 Å². The number of rotatable bonds is 4. The molecule has 0 bridgehead atoms. The highest BCUT2D eigenvalue weighted by molar-refractivity contribution is 5.76. The van der Waals surface area contributed by atoms with Gasteiger partial charge < -0.3 is 11.1 Å². The Hall–Kier alpha value is -1.79. The summed E-state index contributed by atoms with van der Waals surface area (Å²) in [5.74, 6) is 6.59. The molecule has 0 radical (unpaired) electrons. The van der Waals surface area contributed by atoms with Crippen molar-refractivity contribution >= 4 is 5.91 Å². The van der Waals surface area contributed by atoms with E-state index in [1.54, 1.807) is 0 Å². The van der Waals surface area contributed by atoms with Crippen molar-refractivity contribution in [2.45, 2.75) is 38.6 Å². The van der Waals surface area contributed by atoms with Crippen molar-refractivity contribution in [3.05, 3.63) is 35.4 Å². The summed E-state index contributed by atoms with van der Waals surface area (Å²) in [4.78, 5) is 11.9. The smallest absolute Gasteiger partial charge is 0.220 e. The molecule has 1 aromatic carbocycles. The fraction of sp³-hybridized carbons (Fsp3) is 0.471. The molecule has 3 N–H and O–H groups in total. The number of nitrogens with two attached hydrogens (primary N) is 1. The molecule has 1 fully saturated rings. The fourth-order valence-electron chi connectivity index (χ4n) is 2.35. The summed E-state index contributed by atoms with van der Waals surface area (Å²) in [5.41, 5.74) is 7.40. The summed E-state index contributed by atoms with van der Waals surface area (Å²) in [6, 6.07) is 7.99. The van der Waals surface area contributed by atoms with Gasteiger partial charge in [-0.15, -0.1) is 0 Å². The van der Waals surface area contributed by atoms with E-state index < -0.39 is 0 Å². The van der Waals surface area contributed by atoms with Gasteiger partial charge in [0.05, 0.1) is 12.6 Å². The van der Waals surface area contributed by atoms with Crippen LogP contribution in [0.3, 0.4) is 0 Å². The van der Waals surface area contributed by atoms with E-state index in [4.69, 9.17) is 5.73 Å². The predicted octanol–water partition coefficient (Wildman–Crippen LogP) is 2.36. The number of nitrogens with one attached hydrogen (secondary N) is 1. The Labute approximate surface area is 120 Å². The molecule has 0 aromatic heterocycles. The van der Waals surface area contributed by atoms with Crippen molar-refractivity contribution in [1.82, 2.24) is 5.32 Å². The number of benzene rings is 1. The Morgan fingerprint density at radius 2 is 2.10 bits per heavy atom. The van der Waals surface area contributed by atoms with Crippen LogP contribution in [0.2, 0.25) is 0 Å². The molecule has 3 heteroatoms. The summed E-state index contributed by atoms with van der Waals surface area (Å²) >= 11 is 0. The van der Waals surface area contributed by atoms with E-state index in [1.807, 2.05) is 31.2 Å². The van der Waals surface area contributed by atoms with Crippen LogP contribution in [0.4, 0.5) is 0 Å². The second kappa shape index (κ2) is 7.12. The van der Waals surface area contributed by atoms with E-state index in [0.29, 0.717) is 18.9 Å². The van der Waals surface area contributed by atoms with E-state index in [2.05, 4.69) is 17.2 Å². The SMILES string of the molecule is CC(NC(=O)CC1CCC1)c1ccc(C#CCN)cc1. The van der Waals surface area contributed by atoms with Gasteiger partial charge in [-0.25, -0.2) is 0 Å². The van der Waals surface area contributed by atoms with Crippen LogP contribution in [-0.2, 0) is 4.79 Å². The van der Waals surface area contributed by atoms with E-state index >= 15 is 0 Å². The largest absolute Gasteiger partial charge is 0.350 e. The summed E-state index contributed by atoms with van der Waals surface area (Å²) in [6.45, 7) is 2.38. The van der Waals surface area contributed by atoms with Gasteiger partial charge in [-0.2, -0.15) is 0 Å².